The minimum Gasteiger partial charge on any atom is -0.493 e. The summed E-state index contributed by atoms with van der Waals surface area (Å²) in [5, 5.41) is 10.7. The molecule has 17 heteroatoms. The van der Waals surface area contributed by atoms with Crippen LogP contribution in [0.4, 0.5) is 28.4 Å². The SMILES string of the molecule is CNC(C)C(=O)Nc1cc(COc2cc3c(cc2OC)C(=O)N2c4ccccc4CC2CN3)cc(COc2cc3c(cc2OC)C(=O)N2c4ccccc4CC2[C@@H](S(=O)(=O)O)N3)c1. The number of ether oxygens (including phenoxy) is 4. The molecule has 63 heavy (non-hydrogen) atoms. The topological polar surface area (TPSA) is 197 Å². The molecule has 0 saturated heterocycles. The van der Waals surface area contributed by atoms with Crippen LogP contribution in [0.1, 0.15) is 49.9 Å². The zero-order chi connectivity index (χ0) is 44.2. The third-order valence-corrected chi connectivity index (χ3v) is 13.1. The highest BCUT2D eigenvalue weighted by Crippen LogP contribution is 2.44. The number of amides is 3. The number of nitrogens with one attached hydrogen (secondary N) is 4. The highest BCUT2D eigenvalue weighted by molar-refractivity contribution is 7.86. The standard InChI is InChI=1S/C46H46N6O10S/c1-25(47-2)43(53)49-30-14-26(23-61-41-20-34-32(18-39(41)59-3)45(54)51-31(22-48-34)16-28-9-5-7-11-36(28)51)13-27(15-30)24-62-42-21-35-33(19-40(42)60-4)46(55)52-37-12-8-6-10-29(37)17-38(52)44(50-35)63(56,57)58/h5-15,18-21,25,31,38,44,47-48,50H,16-17,22-24H2,1-4H3,(H,49,53)(H,56,57,58)/t25?,31?,38?,44-/m1/s1. The van der Waals surface area contributed by atoms with E-state index < -0.39 is 33.5 Å². The van der Waals surface area contributed by atoms with E-state index in [0.29, 0.717) is 51.8 Å². The molecule has 0 fully saturated rings. The van der Waals surface area contributed by atoms with Gasteiger partial charge in [0.15, 0.2) is 28.4 Å². The number of methoxy groups -OCH3 is 2. The maximum atomic E-state index is 14.2. The van der Waals surface area contributed by atoms with Crippen LogP contribution in [-0.4, -0.2) is 82.0 Å². The van der Waals surface area contributed by atoms with Gasteiger partial charge in [0.1, 0.15) is 13.2 Å². The van der Waals surface area contributed by atoms with Crippen molar-refractivity contribution in [3.8, 4) is 23.0 Å². The maximum absolute atomic E-state index is 14.2. The molecule has 0 spiro atoms. The number of nitrogens with zero attached hydrogens (tertiary/aromatic N) is 2. The fourth-order valence-electron chi connectivity index (χ4n) is 8.81. The fraction of sp³-hybridized carbons (Fsp3) is 0.283. The molecule has 16 nitrogen and oxygen atoms in total. The summed E-state index contributed by atoms with van der Waals surface area (Å²) in [6.45, 7) is 2.26. The second kappa shape index (κ2) is 16.5. The lowest BCUT2D eigenvalue weighted by Gasteiger charge is -2.27. The van der Waals surface area contributed by atoms with Gasteiger partial charge in [-0.2, -0.15) is 8.42 Å². The Morgan fingerprint density at radius 3 is 1.94 bits per heavy atom. The average molecular weight is 875 g/mol. The molecule has 4 heterocycles. The van der Waals surface area contributed by atoms with Gasteiger partial charge in [-0.15, -0.1) is 0 Å². The van der Waals surface area contributed by atoms with Crippen LogP contribution in [0.3, 0.4) is 0 Å². The van der Waals surface area contributed by atoms with Crippen molar-refractivity contribution < 1.29 is 46.3 Å². The number of hydrogen-bond acceptors (Lipinski definition) is 12. The van der Waals surface area contributed by atoms with Crippen molar-refractivity contribution in [2.75, 3.05) is 53.6 Å². The zero-order valence-corrected chi connectivity index (χ0v) is 35.7. The number of carbonyl (C=O) groups excluding carboxylic acids is 3. The number of rotatable bonds is 12. The van der Waals surface area contributed by atoms with Crippen molar-refractivity contribution in [1.29, 1.82) is 0 Å². The Morgan fingerprint density at radius 2 is 1.33 bits per heavy atom. The van der Waals surface area contributed by atoms with Gasteiger partial charge >= 0.3 is 0 Å². The van der Waals surface area contributed by atoms with Crippen molar-refractivity contribution in [1.82, 2.24) is 5.32 Å². The summed E-state index contributed by atoms with van der Waals surface area (Å²) in [4.78, 5) is 44.5. The Morgan fingerprint density at radius 1 is 0.778 bits per heavy atom. The van der Waals surface area contributed by atoms with Crippen LogP contribution < -0.4 is 50.0 Å². The normalized spacial score (nSPS) is 18.8. The molecule has 3 amide bonds. The molecule has 4 aliphatic heterocycles. The Bertz CT molecular complexity index is 2780. The Hall–Kier alpha value is -6.82. The molecule has 4 atom stereocenters. The third-order valence-electron chi connectivity index (χ3n) is 12.0. The molecular weight excluding hydrogens is 829 g/mol. The van der Waals surface area contributed by atoms with E-state index in [1.807, 2.05) is 47.4 Å². The number of para-hydroxylation sites is 2. The second-order valence-electron chi connectivity index (χ2n) is 15.9. The second-order valence-corrected chi connectivity index (χ2v) is 17.4. The third kappa shape index (κ3) is 7.72. The molecule has 4 aliphatic rings. The smallest absolute Gasteiger partial charge is 0.288 e. The van der Waals surface area contributed by atoms with E-state index >= 15 is 0 Å². The molecule has 0 bridgehead atoms. The Kier molecular flexibility index (Phi) is 10.9. The lowest BCUT2D eigenvalue weighted by atomic mass is 10.1. The largest absolute Gasteiger partial charge is 0.493 e. The van der Waals surface area contributed by atoms with Crippen LogP contribution >= 0.6 is 0 Å². The molecule has 0 aliphatic carbocycles. The van der Waals surface area contributed by atoms with E-state index in [-0.39, 0.29) is 60.2 Å². The molecule has 5 N–H and O–H groups in total. The first-order valence-electron chi connectivity index (χ1n) is 20.5. The van der Waals surface area contributed by atoms with Gasteiger partial charge < -0.3 is 50.0 Å². The molecule has 0 saturated carbocycles. The number of carbonyl (C=O) groups is 3. The summed E-state index contributed by atoms with van der Waals surface area (Å²) in [6, 6.07) is 25.4. The van der Waals surface area contributed by atoms with Gasteiger partial charge in [-0.3, -0.25) is 18.9 Å². The summed E-state index contributed by atoms with van der Waals surface area (Å²) < 4.78 is 60.2. The molecule has 5 aromatic carbocycles. The van der Waals surface area contributed by atoms with Crippen LogP contribution in [0.5, 0.6) is 23.0 Å². The lowest BCUT2D eigenvalue weighted by Crippen LogP contribution is -2.49. The van der Waals surface area contributed by atoms with Gasteiger partial charge in [-0.1, -0.05) is 36.4 Å². The van der Waals surface area contributed by atoms with Crippen molar-refractivity contribution in [3.63, 3.8) is 0 Å². The predicted octanol–water partition coefficient (Wildman–Crippen LogP) is 5.62. The molecule has 0 aromatic heterocycles. The predicted molar refractivity (Wildman–Crippen MR) is 237 cm³/mol. The highest BCUT2D eigenvalue weighted by atomic mass is 32.2. The van der Waals surface area contributed by atoms with Crippen LogP contribution in [0.25, 0.3) is 0 Å². The fourth-order valence-corrected chi connectivity index (χ4v) is 9.70. The van der Waals surface area contributed by atoms with Crippen LogP contribution in [0.2, 0.25) is 0 Å². The Balaban J connectivity index is 0.993. The Labute approximate surface area is 364 Å². The summed E-state index contributed by atoms with van der Waals surface area (Å²) in [6.07, 6.45) is 0.957. The summed E-state index contributed by atoms with van der Waals surface area (Å²) in [5.74, 6) is 0.302. The van der Waals surface area contributed by atoms with Crippen molar-refractivity contribution >= 4 is 56.3 Å². The average Bonchev–Trinajstić information content (AvgIpc) is 3.78. The summed E-state index contributed by atoms with van der Waals surface area (Å²) >= 11 is 0. The van der Waals surface area contributed by atoms with E-state index in [9.17, 15) is 27.4 Å². The molecule has 0 radical (unpaired) electrons. The number of likely N-dealkylation sites (N-methyl/N-ethyl adjacent to an activating group) is 1. The summed E-state index contributed by atoms with van der Waals surface area (Å²) in [5.41, 5.74) is 6.50. The van der Waals surface area contributed by atoms with Gasteiger partial charge in [0.25, 0.3) is 21.9 Å². The first-order chi connectivity index (χ1) is 30.3. The number of benzene rings is 5. The van der Waals surface area contributed by atoms with Gasteiger partial charge in [0.05, 0.1) is 54.8 Å². The van der Waals surface area contributed by atoms with E-state index in [0.717, 1.165) is 23.2 Å². The van der Waals surface area contributed by atoms with Crippen molar-refractivity contribution in [3.05, 3.63) is 124 Å². The van der Waals surface area contributed by atoms with Crippen molar-refractivity contribution in [2.45, 2.75) is 56.5 Å². The molecule has 326 valence electrons. The number of fused-ring (bicyclic) bond motifs is 8. The van der Waals surface area contributed by atoms with Crippen LogP contribution in [0.15, 0.2) is 91.0 Å². The summed E-state index contributed by atoms with van der Waals surface area (Å²) in [7, 11) is -0.0816. The van der Waals surface area contributed by atoms with Crippen LogP contribution in [0, 0.1) is 0 Å². The maximum Gasteiger partial charge on any atom is 0.288 e. The van der Waals surface area contributed by atoms with Gasteiger partial charge in [0, 0.05) is 35.7 Å². The van der Waals surface area contributed by atoms with Crippen molar-refractivity contribution in [2.24, 2.45) is 0 Å². The monoisotopic (exact) mass is 874 g/mol. The van der Waals surface area contributed by atoms with E-state index in [1.54, 1.807) is 50.4 Å². The molecule has 9 rings (SSSR count). The van der Waals surface area contributed by atoms with Gasteiger partial charge in [-0.25, -0.2) is 0 Å². The quantitative estimate of drug-likeness (QED) is 0.0971. The minimum absolute atomic E-state index is 0.0372. The molecular formula is C46H46N6O10S. The van der Waals surface area contributed by atoms with E-state index in [1.165, 1.54) is 31.3 Å². The number of anilines is 5. The lowest BCUT2D eigenvalue weighted by molar-refractivity contribution is -0.117. The molecule has 5 aromatic rings. The van der Waals surface area contributed by atoms with E-state index in [2.05, 4.69) is 21.3 Å². The van der Waals surface area contributed by atoms with Gasteiger partial charge in [-0.05, 0) is 91.5 Å². The number of hydrogen-bond donors (Lipinski definition) is 5. The first kappa shape index (κ1) is 41.5. The van der Waals surface area contributed by atoms with Crippen LogP contribution in [-0.2, 0) is 41.0 Å². The van der Waals surface area contributed by atoms with Gasteiger partial charge in [0.2, 0.25) is 5.91 Å². The van der Waals surface area contributed by atoms with E-state index in [4.69, 9.17) is 18.9 Å². The first-order valence-corrected chi connectivity index (χ1v) is 22.0. The zero-order valence-electron chi connectivity index (χ0n) is 34.9. The molecule has 3 unspecified atom stereocenters. The minimum atomic E-state index is -4.71. The highest BCUT2D eigenvalue weighted by Gasteiger charge is 2.47.